The van der Waals surface area contributed by atoms with Gasteiger partial charge in [-0.2, -0.15) is 0 Å². The summed E-state index contributed by atoms with van der Waals surface area (Å²) in [6.45, 7) is 0. The van der Waals surface area contributed by atoms with E-state index in [0.29, 0.717) is 5.95 Å². The smallest absolute Gasteiger partial charge is 0.222 e. The molecule has 4 nitrogen and oxygen atoms in total. The van der Waals surface area contributed by atoms with Gasteiger partial charge in [0, 0.05) is 5.75 Å². The van der Waals surface area contributed by atoms with Gasteiger partial charge in [0.25, 0.3) is 0 Å². The van der Waals surface area contributed by atoms with Crippen LogP contribution < -0.4 is 5.73 Å². The summed E-state index contributed by atoms with van der Waals surface area (Å²) < 4.78 is 0. The molecule has 2 aromatic heterocycles. The highest BCUT2D eigenvalue weighted by Gasteiger charge is 2.09. The number of nitrogen functional groups attached to an aromatic ring is 1. The number of thiazole rings is 1. The number of hydrogen-bond donors (Lipinski definition) is 1. The average Bonchev–Trinajstić information content (AvgIpc) is 2.85. The fourth-order valence-electron chi connectivity index (χ4n) is 1.58. The Morgan fingerprint density at radius 2 is 2.00 bits per heavy atom. The Kier molecular flexibility index (Phi) is 3.12. The number of hydrogen-bond acceptors (Lipinski definition) is 6. The maximum atomic E-state index is 5.70. The van der Waals surface area contributed by atoms with Gasteiger partial charge in [-0.3, -0.25) is 0 Å². The molecule has 0 spiro atoms. The number of rotatable bonds is 3. The van der Waals surface area contributed by atoms with Crippen molar-refractivity contribution in [3.63, 3.8) is 0 Å². The molecule has 2 N–H and O–H groups in total. The molecule has 0 aliphatic rings. The van der Waals surface area contributed by atoms with Crippen LogP contribution in [0, 0.1) is 0 Å². The van der Waals surface area contributed by atoms with E-state index in [-0.39, 0.29) is 0 Å². The first-order valence-electron chi connectivity index (χ1n) is 5.36. The topological polar surface area (TPSA) is 64.7 Å². The molecule has 0 amide bonds. The van der Waals surface area contributed by atoms with E-state index in [9.17, 15) is 0 Å². The number of aromatic nitrogens is 3. The summed E-state index contributed by atoms with van der Waals surface area (Å²) in [6, 6.07) is 10.3. The van der Waals surface area contributed by atoms with Crippen LogP contribution in [0.1, 0.15) is 5.56 Å². The summed E-state index contributed by atoms with van der Waals surface area (Å²) in [4.78, 5) is 13.6. The van der Waals surface area contributed by atoms with Gasteiger partial charge in [0.15, 0.2) is 0 Å². The summed E-state index contributed by atoms with van der Waals surface area (Å²) in [7, 11) is 0. The van der Waals surface area contributed by atoms with E-state index < -0.39 is 0 Å². The molecule has 0 atom stereocenters. The van der Waals surface area contributed by atoms with Gasteiger partial charge >= 0.3 is 0 Å². The van der Waals surface area contributed by atoms with E-state index in [1.54, 1.807) is 17.3 Å². The Bertz CT molecular complexity index is 666. The van der Waals surface area contributed by atoms with Crippen LogP contribution in [0.5, 0.6) is 0 Å². The SMILES string of the molecule is Nc1nc(SCc2ccccc2)c2ncsc2n1. The molecule has 0 unspecified atom stereocenters. The fourth-order valence-corrected chi connectivity index (χ4v) is 3.25. The maximum Gasteiger partial charge on any atom is 0.222 e. The van der Waals surface area contributed by atoms with Crippen molar-refractivity contribution in [2.45, 2.75) is 10.8 Å². The van der Waals surface area contributed by atoms with Crippen LogP contribution in [0.25, 0.3) is 10.3 Å². The molecule has 0 radical (unpaired) electrons. The second kappa shape index (κ2) is 4.91. The minimum absolute atomic E-state index is 0.308. The van der Waals surface area contributed by atoms with Gasteiger partial charge in [0.1, 0.15) is 15.4 Å². The predicted molar refractivity (Wildman–Crippen MR) is 75.6 cm³/mol. The minimum atomic E-state index is 0.308. The number of nitrogens with zero attached hydrogens (tertiary/aromatic N) is 3. The van der Waals surface area contributed by atoms with Gasteiger partial charge in [-0.25, -0.2) is 15.0 Å². The van der Waals surface area contributed by atoms with Crippen molar-refractivity contribution in [2.24, 2.45) is 0 Å². The number of nitrogens with two attached hydrogens (primary N) is 1. The fraction of sp³-hybridized carbons (Fsp3) is 0.0833. The summed E-state index contributed by atoms with van der Waals surface area (Å²) in [5.41, 5.74) is 9.56. The highest BCUT2D eigenvalue weighted by Crippen LogP contribution is 2.29. The lowest BCUT2D eigenvalue weighted by atomic mass is 10.2. The third-order valence-corrected chi connectivity index (χ3v) is 4.16. The molecule has 3 aromatic rings. The van der Waals surface area contributed by atoms with Crippen molar-refractivity contribution in [2.75, 3.05) is 5.73 Å². The summed E-state index contributed by atoms with van der Waals surface area (Å²) in [6.07, 6.45) is 0. The summed E-state index contributed by atoms with van der Waals surface area (Å²) in [5.74, 6) is 1.16. The van der Waals surface area contributed by atoms with Crippen molar-refractivity contribution in [1.82, 2.24) is 15.0 Å². The van der Waals surface area contributed by atoms with Crippen LogP contribution in [-0.4, -0.2) is 15.0 Å². The zero-order valence-electron chi connectivity index (χ0n) is 9.41. The Morgan fingerprint density at radius 1 is 1.17 bits per heavy atom. The van der Waals surface area contributed by atoms with Gasteiger partial charge in [0.05, 0.1) is 5.51 Å². The van der Waals surface area contributed by atoms with Crippen LogP contribution in [0.3, 0.4) is 0 Å². The van der Waals surface area contributed by atoms with Crippen LogP contribution >= 0.6 is 23.1 Å². The molecule has 0 bridgehead atoms. The number of thioether (sulfide) groups is 1. The van der Waals surface area contributed by atoms with E-state index in [2.05, 4.69) is 27.1 Å². The molecule has 0 aliphatic heterocycles. The zero-order chi connectivity index (χ0) is 12.4. The van der Waals surface area contributed by atoms with Crippen LogP contribution in [-0.2, 0) is 5.75 Å². The quantitative estimate of drug-likeness (QED) is 0.587. The second-order valence-electron chi connectivity index (χ2n) is 3.67. The first-order valence-corrected chi connectivity index (χ1v) is 7.23. The third-order valence-electron chi connectivity index (χ3n) is 2.40. The lowest BCUT2D eigenvalue weighted by molar-refractivity contribution is 1.11. The molecular weight excluding hydrogens is 264 g/mol. The molecule has 1 aromatic carbocycles. The highest BCUT2D eigenvalue weighted by molar-refractivity contribution is 7.98. The molecule has 18 heavy (non-hydrogen) atoms. The van der Waals surface area contributed by atoms with Crippen LogP contribution in [0.2, 0.25) is 0 Å². The normalized spacial score (nSPS) is 10.9. The van der Waals surface area contributed by atoms with Gasteiger partial charge in [-0.1, -0.05) is 42.1 Å². The minimum Gasteiger partial charge on any atom is -0.368 e. The maximum absolute atomic E-state index is 5.70. The van der Waals surface area contributed by atoms with Crippen LogP contribution in [0.4, 0.5) is 5.95 Å². The van der Waals surface area contributed by atoms with E-state index in [1.165, 1.54) is 16.9 Å². The highest BCUT2D eigenvalue weighted by atomic mass is 32.2. The summed E-state index contributed by atoms with van der Waals surface area (Å²) in [5, 5.41) is 0.850. The number of fused-ring (bicyclic) bond motifs is 1. The molecular formula is C12H10N4S2. The molecule has 90 valence electrons. The van der Waals surface area contributed by atoms with Gasteiger partial charge in [-0.05, 0) is 5.56 Å². The van der Waals surface area contributed by atoms with Crippen molar-refractivity contribution >= 4 is 39.4 Å². The Balaban J connectivity index is 1.88. The molecule has 2 heterocycles. The van der Waals surface area contributed by atoms with E-state index in [4.69, 9.17) is 5.73 Å². The van der Waals surface area contributed by atoms with E-state index in [0.717, 1.165) is 21.1 Å². The van der Waals surface area contributed by atoms with Gasteiger partial charge < -0.3 is 5.73 Å². The number of anilines is 1. The third kappa shape index (κ3) is 2.30. The second-order valence-corrected chi connectivity index (χ2v) is 5.46. The van der Waals surface area contributed by atoms with Crippen molar-refractivity contribution in [3.8, 4) is 0 Å². The summed E-state index contributed by atoms with van der Waals surface area (Å²) >= 11 is 3.12. The lowest BCUT2D eigenvalue weighted by Gasteiger charge is -2.02. The van der Waals surface area contributed by atoms with Crippen molar-refractivity contribution in [3.05, 3.63) is 41.4 Å². The van der Waals surface area contributed by atoms with Crippen LogP contribution in [0.15, 0.2) is 40.9 Å². The predicted octanol–water partition coefficient (Wildman–Crippen LogP) is 2.96. The Hall–Kier alpha value is -1.66. The van der Waals surface area contributed by atoms with E-state index in [1.807, 2.05) is 18.2 Å². The van der Waals surface area contributed by atoms with E-state index >= 15 is 0 Å². The largest absolute Gasteiger partial charge is 0.368 e. The lowest BCUT2D eigenvalue weighted by Crippen LogP contribution is -1.96. The monoisotopic (exact) mass is 274 g/mol. The molecule has 0 aliphatic carbocycles. The van der Waals surface area contributed by atoms with Crippen molar-refractivity contribution in [1.29, 1.82) is 0 Å². The number of benzene rings is 1. The first-order chi connectivity index (χ1) is 8.83. The van der Waals surface area contributed by atoms with Gasteiger partial charge in [0.2, 0.25) is 5.95 Å². The Morgan fingerprint density at radius 3 is 2.83 bits per heavy atom. The standard InChI is InChI=1S/C12H10N4S2/c13-12-15-10(9-11(16-12)18-7-14-9)17-6-8-4-2-1-3-5-8/h1-5,7H,6H2,(H2,13,15,16). The van der Waals surface area contributed by atoms with Gasteiger partial charge in [-0.15, -0.1) is 11.3 Å². The molecule has 3 rings (SSSR count). The Labute approximate surface area is 112 Å². The molecule has 0 saturated carbocycles. The molecule has 0 fully saturated rings. The van der Waals surface area contributed by atoms with Crippen molar-refractivity contribution < 1.29 is 0 Å². The zero-order valence-corrected chi connectivity index (χ0v) is 11.0. The molecule has 0 saturated heterocycles. The average molecular weight is 274 g/mol. The first kappa shape index (κ1) is 11.4. The molecule has 6 heteroatoms.